The standard InChI is InChI=1S/C22H16BrClN4O/c1-14-5-4-6-17(13-14)28-21(15-9-11-16(23)12-10-15)26-20(27-28)22(29)25-19-8-3-2-7-18(19)24/h2-13H,1H3,(H,25,29). The summed E-state index contributed by atoms with van der Waals surface area (Å²) < 4.78 is 2.64. The van der Waals surface area contributed by atoms with E-state index in [1.807, 2.05) is 55.5 Å². The lowest BCUT2D eigenvalue weighted by atomic mass is 10.2. The van der Waals surface area contributed by atoms with Crippen LogP contribution >= 0.6 is 27.5 Å². The fourth-order valence-electron chi connectivity index (χ4n) is 2.87. The van der Waals surface area contributed by atoms with Gasteiger partial charge in [0.25, 0.3) is 5.91 Å². The number of para-hydroxylation sites is 1. The van der Waals surface area contributed by atoms with Crippen LogP contribution in [0.2, 0.25) is 5.02 Å². The fourth-order valence-corrected chi connectivity index (χ4v) is 3.32. The third-order valence-electron chi connectivity index (χ3n) is 4.28. The summed E-state index contributed by atoms with van der Waals surface area (Å²) in [5, 5.41) is 7.71. The van der Waals surface area contributed by atoms with Gasteiger partial charge in [0, 0.05) is 10.0 Å². The van der Waals surface area contributed by atoms with Gasteiger partial charge >= 0.3 is 0 Å². The zero-order valence-electron chi connectivity index (χ0n) is 15.4. The lowest BCUT2D eigenvalue weighted by Crippen LogP contribution is -2.14. The van der Waals surface area contributed by atoms with Crippen LogP contribution in [0.1, 0.15) is 16.2 Å². The van der Waals surface area contributed by atoms with E-state index in [4.69, 9.17) is 11.6 Å². The molecule has 0 aliphatic carbocycles. The average Bonchev–Trinajstić information content (AvgIpc) is 3.16. The number of benzene rings is 3. The Bertz CT molecular complexity index is 1190. The quantitative estimate of drug-likeness (QED) is 0.406. The molecule has 3 aromatic carbocycles. The lowest BCUT2D eigenvalue weighted by Gasteiger charge is -2.07. The van der Waals surface area contributed by atoms with E-state index in [0.717, 1.165) is 21.3 Å². The second-order valence-corrected chi connectivity index (χ2v) is 7.77. The SMILES string of the molecule is Cc1cccc(-n2nc(C(=O)Nc3ccccc3Cl)nc2-c2ccc(Br)cc2)c1. The summed E-state index contributed by atoms with van der Waals surface area (Å²) in [5.41, 5.74) is 3.27. The highest BCUT2D eigenvalue weighted by Gasteiger charge is 2.19. The minimum absolute atomic E-state index is 0.0596. The highest BCUT2D eigenvalue weighted by atomic mass is 79.9. The van der Waals surface area contributed by atoms with Crippen molar-refractivity contribution in [3.63, 3.8) is 0 Å². The van der Waals surface area contributed by atoms with Crippen molar-refractivity contribution in [1.82, 2.24) is 14.8 Å². The van der Waals surface area contributed by atoms with Crippen molar-refractivity contribution < 1.29 is 4.79 Å². The van der Waals surface area contributed by atoms with E-state index >= 15 is 0 Å². The molecule has 1 aromatic heterocycles. The van der Waals surface area contributed by atoms with Gasteiger partial charge in [-0.05, 0) is 48.9 Å². The molecule has 0 radical (unpaired) electrons. The van der Waals surface area contributed by atoms with Gasteiger partial charge in [0.1, 0.15) is 0 Å². The van der Waals surface area contributed by atoms with E-state index in [1.165, 1.54) is 0 Å². The van der Waals surface area contributed by atoms with Crippen LogP contribution in [0.25, 0.3) is 17.1 Å². The molecule has 5 nitrogen and oxygen atoms in total. The molecule has 4 rings (SSSR count). The van der Waals surface area contributed by atoms with Crippen LogP contribution in [0.4, 0.5) is 5.69 Å². The number of aromatic nitrogens is 3. The maximum atomic E-state index is 12.8. The molecule has 0 atom stereocenters. The molecule has 0 saturated heterocycles. The summed E-state index contributed by atoms with van der Waals surface area (Å²) in [6.45, 7) is 2.00. The van der Waals surface area contributed by atoms with Crippen molar-refractivity contribution >= 4 is 39.1 Å². The summed E-state index contributed by atoms with van der Waals surface area (Å²) in [7, 11) is 0. The van der Waals surface area contributed by atoms with Crippen LogP contribution in [0, 0.1) is 6.92 Å². The van der Waals surface area contributed by atoms with E-state index in [9.17, 15) is 4.79 Å². The monoisotopic (exact) mass is 466 g/mol. The normalized spacial score (nSPS) is 10.7. The Labute approximate surface area is 181 Å². The topological polar surface area (TPSA) is 59.8 Å². The largest absolute Gasteiger partial charge is 0.318 e. The molecule has 1 heterocycles. The summed E-state index contributed by atoms with van der Waals surface area (Å²) in [6, 6.07) is 22.6. The molecule has 0 saturated carbocycles. The number of halogens is 2. The molecule has 0 aliphatic heterocycles. The third kappa shape index (κ3) is 4.23. The summed E-state index contributed by atoms with van der Waals surface area (Å²) in [4.78, 5) is 17.3. The van der Waals surface area contributed by atoms with Gasteiger partial charge < -0.3 is 5.32 Å². The Kier molecular flexibility index (Phi) is 5.47. The predicted molar refractivity (Wildman–Crippen MR) is 119 cm³/mol. The summed E-state index contributed by atoms with van der Waals surface area (Å²) >= 11 is 9.59. The number of aryl methyl sites for hydroxylation is 1. The smallest absolute Gasteiger partial charge is 0.295 e. The number of nitrogens with one attached hydrogen (secondary N) is 1. The number of hydrogen-bond acceptors (Lipinski definition) is 3. The molecule has 1 N–H and O–H groups in total. The van der Waals surface area contributed by atoms with Crippen molar-refractivity contribution in [2.24, 2.45) is 0 Å². The number of rotatable bonds is 4. The van der Waals surface area contributed by atoms with Crippen LogP contribution in [0.15, 0.2) is 77.3 Å². The van der Waals surface area contributed by atoms with Crippen LogP contribution in [-0.4, -0.2) is 20.7 Å². The second kappa shape index (κ2) is 8.19. The Morgan fingerprint density at radius 2 is 1.79 bits per heavy atom. The molecule has 144 valence electrons. The zero-order valence-corrected chi connectivity index (χ0v) is 17.8. The van der Waals surface area contributed by atoms with E-state index < -0.39 is 5.91 Å². The van der Waals surface area contributed by atoms with E-state index in [1.54, 1.807) is 28.9 Å². The molecule has 1 amide bonds. The molecular weight excluding hydrogens is 452 g/mol. The number of nitrogens with zero attached hydrogens (tertiary/aromatic N) is 3. The molecule has 29 heavy (non-hydrogen) atoms. The molecule has 4 aromatic rings. The number of hydrogen-bond donors (Lipinski definition) is 1. The summed E-state index contributed by atoms with van der Waals surface area (Å²) in [5.74, 6) is 0.208. The first-order valence-electron chi connectivity index (χ1n) is 8.87. The van der Waals surface area contributed by atoms with Crippen LogP contribution < -0.4 is 5.32 Å². The van der Waals surface area contributed by atoms with E-state index in [2.05, 4.69) is 31.3 Å². The van der Waals surface area contributed by atoms with E-state index in [0.29, 0.717) is 16.5 Å². The molecule has 0 bridgehead atoms. The highest BCUT2D eigenvalue weighted by Crippen LogP contribution is 2.25. The van der Waals surface area contributed by atoms with Gasteiger partial charge in [-0.2, -0.15) is 0 Å². The average molecular weight is 468 g/mol. The minimum Gasteiger partial charge on any atom is -0.318 e. The second-order valence-electron chi connectivity index (χ2n) is 6.45. The number of anilines is 1. The van der Waals surface area contributed by atoms with Crippen molar-refractivity contribution in [2.75, 3.05) is 5.32 Å². The summed E-state index contributed by atoms with van der Waals surface area (Å²) in [6.07, 6.45) is 0. The van der Waals surface area contributed by atoms with Crippen molar-refractivity contribution in [1.29, 1.82) is 0 Å². The molecular formula is C22H16BrClN4O. The Balaban J connectivity index is 1.78. The predicted octanol–water partition coefficient (Wildman–Crippen LogP) is 5.91. The van der Waals surface area contributed by atoms with Crippen molar-refractivity contribution in [3.8, 4) is 17.1 Å². The first kappa shape index (κ1) is 19.4. The minimum atomic E-state index is -0.428. The van der Waals surface area contributed by atoms with Gasteiger partial charge in [0.15, 0.2) is 5.82 Å². The maximum absolute atomic E-state index is 12.8. The fraction of sp³-hybridized carbons (Fsp3) is 0.0455. The molecule has 0 spiro atoms. The lowest BCUT2D eigenvalue weighted by molar-refractivity contribution is 0.101. The number of carbonyl (C=O) groups excluding carboxylic acids is 1. The van der Waals surface area contributed by atoms with E-state index in [-0.39, 0.29) is 5.82 Å². The van der Waals surface area contributed by atoms with Gasteiger partial charge in [0.2, 0.25) is 5.82 Å². The highest BCUT2D eigenvalue weighted by molar-refractivity contribution is 9.10. The van der Waals surface area contributed by atoms with Gasteiger partial charge in [-0.3, -0.25) is 4.79 Å². The Morgan fingerprint density at radius 1 is 1.03 bits per heavy atom. The number of carbonyl (C=O) groups is 1. The molecule has 0 unspecified atom stereocenters. The van der Waals surface area contributed by atoms with Crippen molar-refractivity contribution in [3.05, 3.63) is 93.7 Å². The molecule has 0 fully saturated rings. The van der Waals surface area contributed by atoms with Gasteiger partial charge in [-0.1, -0.05) is 63.9 Å². The third-order valence-corrected chi connectivity index (χ3v) is 5.14. The number of amides is 1. The molecule has 0 aliphatic rings. The van der Waals surface area contributed by atoms with Gasteiger partial charge in [0.05, 0.1) is 16.4 Å². The zero-order chi connectivity index (χ0) is 20.4. The van der Waals surface area contributed by atoms with Gasteiger partial charge in [-0.15, -0.1) is 5.10 Å². The molecule has 7 heteroatoms. The first-order valence-corrected chi connectivity index (χ1v) is 10.0. The Morgan fingerprint density at radius 3 is 2.52 bits per heavy atom. The van der Waals surface area contributed by atoms with Gasteiger partial charge in [-0.25, -0.2) is 9.67 Å². The maximum Gasteiger partial charge on any atom is 0.295 e. The van der Waals surface area contributed by atoms with Crippen LogP contribution in [0.3, 0.4) is 0 Å². The van der Waals surface area contributed by atoms with Crippen LogP contribution in [0.5, 0.6) is 0 Å². The van der Waals surface area contributed by atoms with Crippen LogP contribution in [-0.2, 0) is 0 Å². The first-order chi connectivity index (χ1) is 14.0. The Hall–Kier alpha value is -2.96. The van der Waals surface area contributed by atoms with Crippen molar-refractivity contribution in [2.45, 2.75) is 6.92 Å².